The number of fused-ring (bicyclic) bond motifs is 1. The van der Waals surface area contributed by atoms with Crippen molar-refractivity contribution in [1.82, 2.24) is 14.9 Å². The van der Waals surface area contributed by atoms with Gasteiger partial charge in [0.2, 0.25) is 0 Å². The first kappa shape index (κ1) is 22.4. The molecule has 2 fully saturated rings. The standard InChI is InChI=1S/C25H30ClN5OS/c1-16-7-4-5-10-31(16)23-21-17(2)22(33-24(21)28-18(3)27-23)25(32)30-13-11-29(12-14-30)20-9-6-8-19(26)15-20/h6,8-9,15-16H,4-5,7,10-14H2,1-3H3. The number of carbonyl (C=O) groups excluding carboxylic acids is 1. The third kappa shape index (κ3) is 4.28. The molecule has 1 amide bonds. The summed E-state index contributed by atoms with van der Waals surface area (Å²) < 4.78 is 0. The Kier molecular flexibility index (Phi) is 6.18. The lowest BCUT2D eigenvalue weighted by molar-refractivity contribution is 0.0751. The van der Waals surface area contributed by atoms with Crippen LogP contribution in [0.25, 0.3) is 10.2 Å². The number of piperidine rings is 1. The lowest BCUT2D eigenvalue weighted by Crippen LogP contribution is -2.48. The predicted octanol–water partition coefficient (Wildman–Crippen LogP) is 5.30. The zero-order valence-corrected chi connectivity index (χ0v) is 21.0. The van der Waals surface area contributed by atoms with Gasteiger partial charge in [0.15, 0.2) is 0 Å². The third-order valence-electron chi connectivity index (χ3n) is 6.89. The van der Waals surface area contributed by atoms with Crippen LogP contribution in [0.1, 0.15) is 47.2 Å². The van der Waals surface area contributed by atoms with Gasteiger partial charge in [-0.3, -0.25) is 4.79 Å². The molecule has 4 heterocycles. The van der Waals surface area contributed by atoms with Crippen LogP contribution in [-0.4, -0.2) is 59.5 Å². The summed E-state index contributed by atoms with van der Waals surface area (Å²) in [6.07, 6.45) is 3.62. The number of piperazine rings is 1. The summed E-state index contributed by atoms with van der Waals surface area (Å²) in [6.45, 7) is 10.3. The average Bonchev–Trinajstić information content (AvgIpc) is 3.14. The number of amides is 1. The Balaban J connectivity index is 1.40. The summed E-state index contributed by atoms with van der Waals surface area (Å²) >= 11 is 7.68. The van der Waals surface area contributed by atoms with Gasteiger partial charge < -0.3 is 14.7 Å². The van der Waals surface area contributed by atoms with Gasteiger partial charge in [-0.2, -0.15) is 0 Å². The van der Waals surface area contributed by atoms with Gasteiger partial charge in [-0.25, -0.2) is 9.97 Å². The first-order valence-electron chi connectivity index (χ1n) is 11.8. The second-order valence-electron chi connectivity index (χ2n) is 9.13. The molecule has 33 heavy (non-hydrogen) atoms. The minimum Gasteiger partial charge on any atom is -0.368 e. The van der Waals surface area contributed by atoms with E-state index in [4.69, 9.17) is 21.6 Å². The lowest BCUT2D eigenvalue weighted by atomic mass is 10.0. The highest BCUT2D eigenvalue weighted by Gasteiger charge is 2.29. The van der Waals surface area contributed by atoms with E-state index in [-0.39, 0.29) is 5.91 Å². The number of hydrogen-bond acceptors (Lipinski definition) is 6. The molecule has 1 atom stereocenters. The van der Waals surface area contributed by atoms with E-state index in [1.807, 2.05) is 30.0 Å². The Morgan fingerprint density at radius 1 is 1.09 bits per heavy atom. The number of rotatable bonds is 3. The van der Waals surface area contributed by atoms with E-state index >= 15 is 0 Å². The molecule has 0 saturated carbocycles. The molecule has 2 aliphatic rings. The van der Waals surface area contributed by atoms with Gasteiger partial charge in [0.1, 0.15) is 16.5 Å². The van der Waals surface area contributed by atoms with Crippen molar-refractivity contribution in [2.24, 2.45) is 0 Å². The molecule has 0 spiro atoms. The highest BCUT2D eigenvalue weighted by atomic mass is 35.5. The molecule has 0 bridgehead atoms. The Hall–Kier alpha value is -2.38. The molecule has 8 heteroatoms. The molecule has 2 saturated heterocycles. The fourth-order valence-corrected chi connectivity index (χ4v) is 6.40. The topological polar surface area (TPSA) is 52.6 Å². The van der Waals surface area contributed by atoms with Crippen molar-refractivity contribution in [3.63, 3.8) is 0 Å². The van der Waals surface area contributed by atoms with Crippen LogP contribution in [0.3, 0.4) is 0 Å². The number of anilines is 2. The first-order chi connectivity index (χ1) is 15.9. The molecule has 2 aliphatic heterocycles. The van der Waals surface area contributed by atoms with Crippen LogP contribution in [0.15, 0.2) is 24.3 Å². The number of hydrogen-bond donors (Lipinski definition) is 0. The van der Waals surface area contributed by atoms with Crippen LogP contribution in [0.5, 0.6) is 0 Å². The van der Waals surface area contributed by atoms with Gasteiger partial charge in [0, 0.05) is 49.5 Å². The van der Waals surface area contributed by atoms with E-state index in [0.717, 1.165) is 62.6 Å². The smallest absolute Gasteiger partial charge is 0.264 e. The largest absolute Gasteiger partial charge is 0.368 e. The lowest BCUT2D eigenvalue weighted by Gasteiger charge is -2.36. The molecule has 1 aromatic carbocycles. The van der Waals surface area contributed by atoms with Crippen LogP contribution < -0.4 is 9.80 Å². The fraction of sp³-hybridized carbons (Fsp3) is 0.480. The number of nitrogens with zero attached hydrogens (tertiary/aromatic N) is 5. The number of halogens is 1. The maximum Gasteiger partial charge on any atom is 0.264 e. The molecule has 0 radical (unpaired) electrons. The molecule has 3 aromatic rings. The highest BCUT2D eigenvalue weighted by Crippen LogP contribution is 2.38. The summed E-state index contributed by atoms with van der Waals surface area (Å²) in [5, 5.41) is 1.79. The molecule has 6 nitrogen and oxygen atoms in total. The first-order valence-corrected chi connectivity index (χ1v) is 13.0. The summed E-state index contributed by atoms with van der Waals surface area (Å²) in [7, 11) is 0. The Morgan fingerprint density at radius 3 is 2.61 bits per heavy atom. The van der Waals surface area contributed by atoms with Crippen molar-refractivity contribution in [2.75, 3.05) is 42.5 Å². The van der Waals surface area contributed by atoms with Crippen LogP contribution in [0.2, 0.25) is 5.02 Å². The van der Waals surface area contributed by atoms with E-state index in [0.29, 0.717) is 19.1 Å². The van der Waals surface area contributed by atoms with E-state index in [1.54, 1.807) is 0 Å². The molecule has 5 rings (SSSR count). The minimum absolute atomic E-state index is 0.108. The van der Waals surface area contributed by atoms with Gasteiger partial charge in [-0.15, -0.1) is 11.3 Å². The van der Waals surface area contributed by atoms with E-state index in [2.05, 4.69) is 29.7 Å². The Bertz CT molecular complexity index is 1190. The summed E-state index contributed by atoms with van der Waals surface area (Å²) in [4.78, 5) is 31.5. The summed E-state index contributed by atoms with van der Waals surface area (Å²) in [6, 6.07) is 8.37. The Morgan fingerprint density at radius 2 is 1.88 bits per heavy atom. The summed E-state index contributed by atoms with van der Waals surface area (Å²) in [5.74, 6) is 1.88. The average molecular weight is 484 g/mol. The zero-order valence-electron chi connectivity index (χ0n) is 19.5. The SMILES string of the molecule is Cc1nc(N2CCCCC2C)c2c(C)c(C(=O)N3CCN(c4cccc(Cl)c4)CC3)sc2n1. The molecular formula is C25H30ClN5OS. The quantitative estimate of drug-likeness (QED) is 0.505. The summed E-state index contributed by atoms with van der Waals surface area (Å²) in [5.41, 5.74) is 2.13. The maximum atomic E-state index is 13.6. The van der Waals surface area contributed by atoms with Crippen LogP contribution >= 0.6 is 22.9 Å². The number of carbonyl (C=O) groups is 1. The van der Waals surface area contributed by atoms with Crippen molar-refractivity contribution in [3.05, 3.63) is 45.6 Å². The van der Waals surface area contributed by atoms with Crippen molar-refractivity contribution < 1.29 is 4.79 Å². The second kappa shape index (κ2) is 9.11. The number of aromatic nitrogens is 2. The van der Waals surface area contributed by atoms with Crippen molar-refractivity contribution in [2.45, 2.75) is 46.1 Å². The zero-order chi connectivity index (χ0) is 23.1. The predicted molar refractivity (Wildman–Crippen MR) is 137 cm³/mol. The van der Waals surface area contributed by atoms with Gasteiger partial charge in [0.25, 0.3) is 5.91 Å². The van der Waals surface area contributed by atoms with Crippen LogP contribution in [0.4, 0.5) is 11.5 Å². The molecule has 174 valence electrons. The van der Waals surface area contributed by atoms with Crippen LogP contribution in [0, 0.1) is 13.8 Å². The number of thiophene rings is 1. The van der Waals surface area contributed by atoms with Crippen molar-refractivity contribution in [1.29, 1.82) is 0 Å². The number of benzene rings is 1. The molecule has 0 aliphatic carbocycles. The molecule has 0 N–H and O–H groups in total. The van der Waals surface area contributed by atoms with E-state index in [9.17, 15) is 4.79 Å². The normalized spacial score (nSPS) is 19.4. The third-order valence-corrected chi connectivity index (χ3v) is 8.30. The van der Waals surface area contributed by atoms with Gasteiger partial charge in [-0.1, -0.05) is 17.7 Å². The van der Waals surface area contributed by atoms with Gasteiger partial charge >= 0.3 is 0 Å². The van der Waals surface area contributed by atoms with Crippen molar-refractivity contribution in [3.8, 4) is 0 Å². The minimum atomic E-state index is 0.108. The number of aryl methyl sites for hydroxylation is 2. The highest BCUT2D eigenvalue weighted by molar-refractivity contribution is 7.20. The maximum absolute atomic E-state index is 13.6. The molecule has 1 unspecified atom stereocenters. The van der Waals surface area contributed by atoms with Crippen LogP contribution in [-0.2, 0) is 0 Å². The van der Waals surface area contributed by atoms with Crippen molar-refractivity contribution >= 4 is 50.6 Å². The van der Waals surface area contributed by atoms with Gasteiger partial charge in [-0.05, 0) is 63.8 Å². The Labute approximate surface area is 204 Å². The molecular weight excluding hydrogens is 454 g/mol. The van der Waals surface area contributed by atoms with E-state index in [1.165, 1.54) is 30.6 Å². The molecule has 2 aromatic heterocycles. The second-order valence-corrected chi connectivity index (χ2v) is 10.6. The van der Waals surface area contributed by atoms with Gasteiger partial charge in [0.05, 0.1) is 10.3 Å². The fourth-order valence-electron chi connectivity index (χ4n) is 5.03. The monoisotopic (exact) mass is 483 g/mol. The van der Waals surface area contributed by atoms with E-state index < -0.39 is 0 Å².